The molecular weight excluding hydrogens is 288 g/mol. The Morgan fingerprint density at radius 2 is 1.38 bits per heavy atom. The van der Waals surface area contributed by atoms with Gasteiger partial charge in [0.05, 0.1) is 0 Å². The molecule has 0 heterocycles. The van der Waals surface area contributed by atoms with Gasteiger partial charge in [-0.3, -0.25) is 0 Å². The van der Waals surface area contributed by atoms with Crippen LogP contribution in [-0.4, -0.2) is 0 Å². The van der Waals surface area contributed by atoms with E-state index in [2.05, 4.69) is 91.9 Å². The van der Waals surface area contributed by atoms with Crippen molar-refractivity contribution in [1.82, 2.24) is 0 Å². The predicted molar refractivity (Wildman–Crippen MR) is 101 cm³/mol. The summed E-state index contributed by atoms with van der Waals surface area (Å²) in [5, 5.41) is 0. The fourth-order valence-corrected chi connectivity index (χ4v) is 4.63. The van der Waals surface area contributed by atoms with Crippen LogP contribution in [0.2, 0.25) is 0 Å². The van der Waals surface area contributed by atoms with E-state index in [1.165, 1.54) is 41.5 Å². The number of fused-ring (bicyclic) bond motifs is 1. The highest BCUT2D eigenvalue weighted by atomic mass is 14.5. The van der Waals surface area contributed by atoms with Gasteiger partial charge in [-0.05, 0) is 47.4 Å². The van der Waals surface area contributed by atoms with E-state index in [0.717, 1.165) is 0 Å². The van der Waals surface area contributed by atoms with Crippen molar-refractivity contribution in [2.45, 2.75) is 37.5 Å². The standard InChI is InChI=1S/C24H24/c1-19(20-11-4-2-5-12-20)24(22-15-6-3-7-16-22)18-10-14-21-13-8-9-17-23(21)24/h2-9,11-13,15-17,19H,10,14,18H2,1H3/t19-,24-/m1/s1. The molecule has 0 saturated heterocycles. The first kappa shape index (κ1) is 15.2. The van der Waals surface area contributed by atoms with Crippen LogP contribution in [0, 0.1) is 0 Å². The van der Waals surface area contributed by atoms with Crippen LogP contribution in [0.3, 0.4) is 0 Å². The molecule has 0 bridgehead atoms. The molecule has 0 amide bonds. The largest absolute Gasteiger partial charge is 0.0622 e. The van der Waals surface area contributed by atoms with Gasteiger partial charge in [-0.1, -0.05) is 91.9 Å². The Bertz CT molecular complexity index is 804. The molecule has 0 nitrogen and oxygen atoms in total. The molecule has 0 unspecified atom stereocenters. The average Bonchev–Trinajstić information content (AvgIpc) is 2.68. The van der Waals surface area contributed by atoms with Crippen molar-refractivity contribution in [1.29, 1.82) is 0 Å². The van der Waals surface area contributed by atoms with Crippen molar-refractivity contribution in [3.8, 4) is 0 Å². The zero-order valence-electron chi connectivity index (χ0n) is 14.3. The van der Waals surface area contributed by atoms with Gasteiger partial charge in [-0.2, -0.15) is 0 Å². The van der Waals surface area contributed by atoms with E-state index in [4.69, 9.17) is 0 Å². The highest BCUT2D eigenvalue weighted by Gasteiger charge is 2.42. The summed E-state index contributed by atoms with van der Waals surface area (Å²) in [5.41, 5.74) is 6.00. The van der Waals surface area contributed by atoms with Crippen molar-refractivity contribution < 1.29 is 0 Å². The van der Waals surface area contributed by atoms with Crippen LogP contribution >= 0.6 is 0 Å². The molecule has 0 radical (unpaired) electrons. The number of aryl methyl sites for hydroxylation is 1. The summed E-state index contributed by atoms with van der Waals surface area (Å²) in [6.45, 7) is 2.41. The van der Waals surface area contributed by atoms with Gasteiger partial charge in [-0.15, -0.1) is 0 Å². The molecule has 0 fully saturated rings. The van der Waals surface area contributed by atoms with Gasteiger partial charge in [-0.25, -0.2) is 0 Å². The zero-order chi connectivity index (χ0) is 16.4. The lowest BCUT2D eigenvalue weighted by molar-refractivity contribution is 0.367. The van der Waals surface area contributed by atoms with Gasteiger partial charge in [0.25, 0.3) is 0 Å². The minimum absolute atomic E-state index is 0.0669. The highest BCUT2D eigenvalue weighted by molar-refractivity contribution is 5.49. The quantitative estimate of drug-likeness (QED) is 0.547. The molecule has 24 heavy (non-hydrogen) atoms. The second-order valence-electron chi connectivity index (χ2n) is 6.98. The lowest BCUT2D eigenvalue weighted by Crippen LogP contribution is -2.37. The molecule has 0 spiro atoms. The molecule has 0 aromatic heterocycles. The van der Waals surface area contributed by atoms with Crippen molar-refractivity contribution in [2.75, 3.05) is 0 Å². The number of benzene rings is 3. The van der Waals surface area contributed by atoms with Gasteiger partial charge in [0.1, 0.15) is 0 Å². The molecule has 0 N–H and O–H groups in total. The summed E-state index contributed by atoms with van der Waals surface area (Å²) in [7, 11) is 0. The van der Waals surface area contributed by atoms with Crippen LogP contribution in [0.4, 0.5) is 0 Å². The minimum atomic E-state index is 0.0669. The summed E-state index contributed by atoms with van der Waals surface area (Å²) >= 11 is 0. The van der Waals surface area contributed by atoms with Gasteiger partial charge in [0.15, 0.2) is 0 Å². The highest BCUT2D eigenvalue weighted by Crippen LogP contribution is 2.51. The lowest BCUT2D eigenvalue weighted by atomic mass is 9.58. The Balaban J connectivity index is 1.96. The summed E-state index contributed by atoms with van der Waals surface area (Å²) in [6.07, 6.45) is 3.67. The third-order valence-electron chi connectivity index (χ3n) is 5.84. The molecule has 1 aliphatic carbocycles. The number of hydrogen-bond acceptors (Lipinski definition) is 0. The molecule has 0 aliphatic heterocycles. The SMILES string of the molecule is C[C@H](c1ccccc1)[C@@]1(c2ccccc2)CCCc2ccccc21. The van der Waals surface area contributed by atoms with Crippen LogP contribution < -0.4 is 0 Å². The number of hydrogen-bond donors (Lipinski definition) is 0. The molecule has 1 aliphatic rings. The maximum atomic E-state index is 2.41. The summed E-state index contributed by atoms with van der Waals surface area (Å²) in [5.74, 6) is 0.447. The first-order valence-electron chi connectivity index (χ1n) is 9.01. The Morgan fingerprint density at radius 1 is 0.750 bits per heavy atom. The minimum Gasteiger partial charge on any atom is -0.0622 e. The Morgan fingerprint density at radius 3 is 2.12 bits per heavy atom. The maximum absolute atomic E-state index is 2.41. The first-order valence-corrected chi connectivity index (χ1v) is 9.01. The normalized spacial score (nSPS) is 21.0. The first-order chi connectivity index (χ1) is 11.8. The van der Waals surface area contributed by atoms with Crippen molar-refractivity contribution in [3.63, 3.8) is 0 Å². The maximum Gasteiger partial charge on any atom is 0.0271 e. The molecule has 0 heteroatoms. The fraction of sp³-hybridized carbons (Fsp3) is 0.250. The van der Waals surface area contributed by atoms with Crippen LogP contribution in [0.25, 0.3) is 0 Å². The van der Waals surface area contributed by atoms with E-state index in [1.807, 2.05) is 0 Å². The average molecular weight is 312 g/mol. The molecule has 120 valence electrons. The predicted octanol–water partition coefficient (Wildman–Crippen LogP) is 6.11. The summed E-state index contributed by atoms with van der Waals surface area (Å²) in [6, 6.07) is 31.2. The van der Waals surface area contributed by atoms with Gasteiger partial charge in [0.2, 0.25) is 0 Å². The number of rotatable bonds is 3. The van der Waals surface area contributed by atoms with Gasteiger partial charge in [0, 0.05) is 5.41 Å². The van der Waals surface area contributed by atoms with Crippen molar-refractivity contribution in [2.24, 2.45) is 0 Å². The van der Waals surface area contributed by atoms with E-state index < -0.39 is 0 Å². The third-order valence-corrected chi connectivity index (χ3v) is 5.84. The van der Waals surface area contributed by atoms with E-state index in [9.17, 15) is 0 Å². The summed E-state index contributed by atoms with van der Waals surface area (Å²) < 4.78 is 0. The van der Waals surface area contributed by atoms with Gasteiger partial charge >= 0.3 is 0 Å². The third kappa shape index (κ3) is 2.38. The van der Waals surface area contributed by atoms with Crippen LogP contribution in [0.5, 0.6) is 0 Å². The van der Waals surface area contributed by atoms with Crippen LogP contribution in [0.15, 0.2) is 84.9 Å². The smallest absolute Gasteiger partial charge is 0.0271 e. The Kier molecular flexibility index (Phi) is 3.98. The molecule has 3 aromatic rings. The molecule has 2 atom stereocenters. The Hall–Kier alpha value is -2.34. The monoisotopic (exact) mass is 312 g/mol. The molecular formula is C24H24. The fourth-order valence-electron chi connectivity index (χ4n) is 4.63. The van der Waals surface area contributed by atoms with E-state index >= 15 is 0 Å². The molecule has 0 saturated carbocycles. The second-order valence-corrected chi connectivity index (χ2v) is 6.98. The Labute approximate surface area is 145 Å². The lowest BCUT2D eigenvalue weighted by Gasteiger charge is -2.45. The van der Waals surface area contributed by atoms with Crippen LogP contribution in [-0.2, 0) is 11.8 Å². The molecule has 4 rings (SSSR count). The van der Waals surface area contributed by atoms with Crippen molar-refractivity contribution >= 4 is 0 Å². The second kappa shape index (κ2) is 6.28. The molecule has 3 aromatic carbocycles. The van der Waals surface area contributed by atoms with E-state index in [0.29, 0.717) is 5.92 Å². The zero-order valence-corrected chi connectivity index (χ0v) is 14.3. The summed E-state index contributed by atoms with van der Waals surface area (Å²) in [4.78, 5) is 0. The van der Waals surface area contributed by atoms with E-state index in [1.54, 1.807) is 0 Å². The van der Waals surface area contributed by atoms with Crippen LogP contribution in [0.1, 0.15) is 47.9 Å². The van der Waals surface area contributed by atoms with E-state index in [-0.39, 0.29) is 5.41 Å². The van der Waals surface area contributed by atoms with Crippen molar-refractivity contribution in [3.05, 3.63) is 107 Å². The van der Waals surface area contributed by atoms with Gasteiger partial charge < -0.3 is 0 Å². The topological polar surface area (TPSA) is 0 Å².